The standard InChI is InChI=1S/C19H21N3O4S/c1-4-22-10-11(3)17(18(24)25)14(22)9-16(23)21-19-20-13-7-6-12(26-5-2)8-15(13)27-19/h6-8,10H,4-5,9H2,1-3H3,(H,24,25)(H,20,21,23). The highest BCUT2D eigenvalue weighted by Gasteiger charge is 2.21. The number of benzene rings is 1. The Morgan fingerprint density at radius 1 is 1.33 bits per heavy atom. The number of aromatic carboxylic acids is 1. The van der Waals surface area contributed by atoms with E-state index in [0.29, 0.717) is 29.5 Å². The molecule has 3 rings (SSSR count). The van der Waals surface area contributed by atoms with Gasteiger partial charge in [-0.3, -0.25) is 4.79 Å². The monoisotopic (exact) mass is 387 g/mol. The van der Waals surface area contributed by atoms with Crippen LogP contribution in [0.15, 0.2) is 24.4 Å². The molecule has 0 aliphatic carbocycles. The van der Waals surface area contributed by atoms with E-state index in [1.807, 2.05) is 32.0 Å². The molecule has 0 saturated carbocycles. The lowest BCUT2D eigenvalue weighted by atomic mass is 10.1. The second-order valence-corrected chi connectivity index (χ2v) is 7.06. The number of aromatic nitrogens is 2. The lowest BCUT2D eigenvalue weighted by Gasteiger charge is -2.07. The Balaban J connectivity index is 1.80. The van der Waals surface area contributed by atoms with E-state index in [9.17, 15) is 14.7 Å². The zero-order valence-electron chi connectivity index (χ0n) is 15.4. The zero-order valence-corrected chi connectivity index (χ0v) is 16.2. The van der Waals surface area contributed by atoms with Crippen molar-refractivity contribution >= 4 is 38.6 Å². The second-order valence-electron chi connectivity index (χ2n) is 6.03. The number of carbonyl (C=O) groups excluding carboxylic acids is 1. The van der Waals surface area contributed by atoms with Crippen LogP contribution in [0.1, 0.15) is 35.5 Å². The third-order valence-corrected chi connectivity index (χ3v) is 5.11. The van der Waals surface area contributed by atoms with E-state index in [0.717, 1.165) is 16.0 Å². The maximum Gasteiger partial charge on any atom is 0.337 e. The van der Waals surface area contributed by atoms with Crippen molar-refractivity contribution in [3.05, 3.63) is 41.2 Å². The summed E-state index contributed by atoms with van der Waals surface area (Å²) >= 11 is 1.36. The summed E-state index contributed by atoms with van der Waals surface area (Å²) in [7, 11) is 0. The first kappa shape index (κ1) is 18.9. The van der Waals surface area contributed by atoms with Crippen LogP contribution in [0.25, 0.3) is 10.2 Å². The van der Waals surface area contributed by atoms with Crippen LogP contribution in [0.3, 0.4) is 0 Å². The lowest BCUT2D eigenvalue weighted by Crippen LogP contribution is -2.18. The Morgan fingerprint density at radius 2 is 2.11 bits per heavy atom. The smallest absolute Gasteiger partial charge is 0.337 e. The highest BCUT2D eigenvalue weighted by molar-refractivity contribution is 7.22. The van der Waals surface area contributed by atoms with Crippen LogP contribution >= 0.6 is 11.3 Å². The van der Waals surface area contributed by atoms with E-state index in [2.05, 4.69) is 10.3 Å². The molecule has 7 nitrogen and oxygen atoms in total. The molecule has 0 radical (unpaired) electrons. The Labute approximate surface area is 160 Å². The SMILES string of the molecule is CCOc1ccc2nc(NC(=O)Cc3c(C(=O)O)c(C)cn3CC)sc2c1. The summed E-state index contributed by atoms with van der Waals surface area (Å²) in [5, 5.41) is 12.7. The van der Waals surface area contributed by atoms with E-state index in [-0.39, 0.29) is 17.9 Å². The number of nitrogens with one attached hydrogen (secondary N) is 1. The summed E-state index contributed by atoms with van der Waals surface area (Å²) < 4.78 is 8.19. The topological polar surface area (TPSA) is 93.4 Å². The number of anilines is 1. The normalized spacial score (nSPS) is 10.9. The molecule has 1 amide bonds. The molecule has 0 aliphatic heterocycles. The van der Waals surface area contributed by atoms with Crippen LogP contribution < -0.4 is 10.1 Å². The fraction of sp³-hybridized carbons (Fsp3) is 0.316. The van der Waals surface area contributed by atoms with E-state index in [1.54, 1.807) is 17.7 Å². The number of rotatable bonds is 7. The van der Waals surface area contributed by atoms with E-state index in [4.69, 9.17) is 4.74 Å². The van der Waals surface area contributed by atoms with Crippen molar-refractivity contribution in [3.8, 4) is 5.75 Å². The molecule has 0 saturated heterocycles. The number of amides is 1. The van der Waals surface area contributed by atoms with Crippen LogP contribution in [0.4, 0.5) is 5.13 Å². The number of ether oxygens (including phenoxy) is 1. The molecule has 142 valence electrons. The quantitative estimate of drug-likeness (QED) is 0.645. The highest BCUT2D eigenvalue weighted by Crippen LogP contribution is 2.29. The molecule has 0 unspecified atom stereocenters. The predicted octanol–water partition coefficient (Wildman–Crippen LogP) is 3.70. The van der Waals surface area contributed by atoms with Gasteiger partial charge in [0.1, 0.15) is 5.75 Å². The van der Waals surface area contributed by atoms with Crippen molar-refractivity contribution in [2.24, 2.45) is 0 Å². The maximum absolute atomic E-state index is 12.5. The third-order valence-electron chi connectivity index (χ3n) is 4.18. The zero-order chi connectivity index (χ0) is 19.6. The van der Waals surface area contributed by atoms with Gasteiger partial charge in [0.15, 0.2) is 5.13 Å². The minimum atomic E-state index is -1.02. The van der Waals surface area contributed by atoms with Gasteiger partial charge in [0.05, 0.1) is 28.8 Å². The van der Waals surface area contributed by atoms with E-state index in [1.165, 1.54) is 11.3 Å². The molecule has 0 fully saturated rings. The summed E-state index contributed by atoms with van der Waals surface area (Å²) in [6, 6.07) is 5.58. The highest BCUT2D eigenvalue weighted by atomic mass is 32.1. The average Bonchev–Trinajstić information content (AvgIpc) is 3.14. The number of fused-ring (bicyclic) bond motifs is 1. The molecule has 27 heavy (non-hydrogen) atoms. The summed E-state index contributed by atoms with van der Waals surface area (Å²) in [6.45, 7) is 6.74. The largest absolute Gasteiger partial charge is 0.494 e. The number of hydrogen-bond acceptors (Lipinski definition) is 5. The molecule has 2 aromatic heterocycles. The van der Waals surface area contributed by atoms with Gasteiger partial charge in [-0.1, -0.05) is 11.3 Å². The third kappa shape index (κ3) is 3.95. The van der Waals surface area contributed by atoms with Crippen LogP contribution in [-0.4, -0.2) is 33.1 Å². The van der Waals surface area contributed by atoms with Gasteiger partial charge in [0.25, 0.3) is 0 Å². The Morgan fingerprint density at radius 3 is 2.78 bits per heavy atom. The summed E-state index contributed by atoms with van der Waals surface area (Å²) in [5.41, 5.74) is 2.12. The van der Waals surface area contributed by atoms with Crippen molar-refractivity contribution in [2.45, 2.75) is 33.7 Å². The number of aryl methyl sites for hydroxylation is 2. The van der Waals surface area contributed by atoms with Crippen LogP contribution in [0.2, 0.25) is 0 Å². The second kappa shape index (κ2) is 7.79. The Bertz CT molecular complexity index is 1010. The predicted molar refractivity (Wildman–Crippen MR) is 105 cm³/mol. The first-order chi connectivity index (χ1) is 12.9. The summed E-state index contributed by atoms with van der Waals surface area (Å²) in [6.07, 6.45) is 1.74. The molecule has 2 heterocycles. The number of thiazole rings is 1. The number of carbonyl (C=O) groups is 2. The molecule has 0 spiro atoms. The van der Waals surface area contributed by atoms with Gasteiger partial charge in [0, 0.05) is 18.4 Å². The van der Waals surface area contributed by atoms with Crippen molar-refractivity contribution in [2.75, 3.05) is 11.9 Å². The number of carboxylic acids is 1. The van der Waals surface area contributed by atoms with Crippen LogP contribution in [0.5, 0.6) is 5.75 Å². The van der Waals surface area contributed by atoms with Crippen molar-refractivity contribution in [3.63, 3.8) is 0 Å². The van der Waals surface area contributed by atoms with Crippen LogP contribution in [0, 0.1) is 6.92 Å². The van der Waals surface area contributed by atoms with Gasteiger partial charge in [-0.2, -0.15) is 0 Å². The van der Waals surface area contributed by atoms with Crippen LogP contribution in [-0.2, 0) is 17.8 Å². The minimum absolute atomic E-state index is 0.0244. The van der Waals surface area contributed by atoms with Gasteiger partial charge >= 0.3 is 5.97 Å². The lowest BCUT2D eigenvalue weighted by molar-refractivity contribution is -0.115. The number of nitrogens with zero attached hydrogens (tertiary/aromatic N) is 2. The molecule has 1 aromatic carbocycles. The molecule has 0 aliphatic rings. The minimum Gasteiger partial charge on any atom is -0.494 e. The molecule has 2 N–H and O–H groups in total. The van der Waals surface area contributed by atoms with Crippen molar-refractivity contribution in [1.82, 2.24) is 9.55 Å². The van der Waals surface area contributed by atoms with E-state index < -0.39 is 5.97 Å². The Kier molecular flexibility index (Phi) is 5.46. The first-order valence-corrected chi connectivity index (χ1v) is 9.49. The van der Waals surface area contributed by atoms with Gasteiger partial charge in [0.2, 0.25) is 5.91 Å². The summed E-state index contributed by atoms with van der Waals surface area (Å²) in [4.78, 5) is 28.5. The molecule has 8 heteroatoms. The molecule has 0 atom stereocenters. The van der Waals surface area contributed by atoms with E-state index >= 15 is 0 Å². The van der Waals surface area contributed by atoms with Crippen molar-refractivity contribution in [1.29, 1.82) is 0 Å². The average molecular weight is 387 g/mol. The fourth-order valence-electron chi connectivity index (χ4n) is 3.04. The first-order valence-electron chi connectivity index (χ1n) is 8.68. The molecule has 0 bridgehead atoms. The number of hydrogen-bond donors (Lipinski definition) is 2. The maximum atomic E-state index is 12.5. The molecular formula is C19H21N3O4S. The molecule has 3 aromatic rings. The molecular weight excluding hydrogens is 366 g/mol. The van der Waals surface area contributed by atoms with Gasteiger partial charge in [-0.15, -0.1) is 0 Å². The Hall–Kier alpha value is -2.87. The van der Waals surface area contributed by atoms with Gasteiger partial charge in [-0.05, 0) is 44.5 Å². The van der Waals surface area contributed by atoms with Crippen molar-refractivity contribution < 1.29 is 19.4 Å². The summed E-state index contributed by atoms with van der Waals surface area (Å²) in [5.74, 6) is -0.561. The van der Waals surface area contributed by atoms with Gasteiger partial charge in [-0.25, -0.2) is 9.78 Å². The van der Waals surface area contributed by atoms with Gasteiger partial charge < -0.3 is 19.7 Å². The number of carboxylic acid groups (broad SMARTS) is 1. The fourth-order valence-corrected chi connectivity index (χ4v) is 3.95.